The molecule has 4 N–H and O–H groups in total. The van der Waals surface area contributed by atoms with E-state index < -0.39 is 17.1 Å². The maximum absolute atomic E-state index is 11.4. The molecule has 2 heterocycles. The first-order chi connectivity index (χ1) is 16.7. The van der Waals surface area contributed by atoms with Crippen molar-refractivity contribution in [3.05, 3.63) is 83.9 Å². The number of aromatic carboxylic acids is 1. The van der Waals surface area contributed by atoms with Crippen LogP contribution in [0.25, 0.3) is 33.9 Å². The monoisotopic (exact) mass is 503 g/mol. The fourth-order valence-corrected chi connectivity index (χ4v) is 5.44. The molecule has 7 nitrogen and oxygen atoms in total. The fraction of sp³-hybridized carbons (Fsp3) is 0.214. The SMILES string of the molecule is CC1(O)CC(N)(c2ccc(-c3nc4n(c3-c3ccccc3)COc3cc(C(=O)O)ccc3-4)cc2)C1.Cl. The fourth-order valence-electron chi connectivity index (χ4n) is 5.44. The number of rotatable bonds is 4. The number of ether oxygens (including phenoxy) is 1. The average Bonchev–Trinajstić information content (AvgIpc) is 3.23. The minimum absolute atomic E-state index is 0. The van der Waals surface area contributed by atoms with Crippen molar-refractivity contribution in [2.24, 2.45) is 5.73 Å². The molecule has 0 radical (unpaired) electrons. The van der Waals surface area contributed by atoms with Crippen LogP contribution in [-0.2, 0) is 12.3 Å². The van der Waals surface area contributed by atoms with Gasteiger partial charge in [-0.05, 0) is 43.5 Å². The Morgan fingerprint density at radius 3 is 2.36 bits per heavy atom. The van der Waals surface area contributed by atoms with E-state index in [0.29, 0.717) is 18.6 Å². The lowest BCUT2D eigenvalue weighted by atomic mass is 9.63. The largest absolute Gasteiger partial charge is 0.478 e. The van der Waals surface area contributed by atoms with Crippen molar-refractivity contribution in [3.63, 3.8) is 0 Å². The Morgan fingerprint density at radius 1 is 1.03 bits per heavy atom. The number of benzene rings is 3. The van der Waals surface area contributed by atoms with Gasteiger partial charge in [0.1, 0.15) is 11.6 Å². The van der Waals surface area contributed by atoms with Gasteiger partial charge >= 0.3 is 5.97 Å². The number of imidazole rings is 1. The van der Waals surface area contributed by atoms with Crippen LogP contribution in [0, 0.1) is 0 Å². The molecule has 1 saturated carbocycles. The van der Waals surface area contributed by atoms with Crippen LogP contribution in [0.3, 0.4) is 0 Å². The molecule has 0 atom stereocenters. The number of carboxylic acids is 1. The normalized spacial score (nSPS) is 21.9. The molecule has 1 aliphatic heterocycles. The van der Waals surface area contributed by atoms with E-state index in [1.165, 1.54) is 0 Å². The zero-order valence-electron chi connectivity index (χ0n) is 19.6. The van der Waals surface area contributed by atoms with Crippen LogP contribution < -0.4 is 10.5 Å². The van der Waals surface area contributed by atoms with E-state index in [-0.39, 0.29) is 24.7 Å². The second-order valence-corrected chi connectivity index (χ2v) is 9.80. The summed E-state index contributed by atoms with van der Waals surface area (Å²) in [5.74, 6) is 0.235. The maximum Gasteiger partial charge on any atom is 0.335 e. The standard InChI is InChI=1S/C28H25N3O4.ClH/c1-27(34)14-28(29,15-27)20-10-7-17(8-11-20)23-24(18-5-3-2-4-6-18)31-16-35-22-13-19(26(32)33)9-12-21(22)25(31)30-23;/h2-13,34H,14-16,29H2,1H3,(H,32,33);1H. The summed E-state index contributed by atoms with van der Waals surface area (Å²) < 4.78 is 8.00. The molecule has 0 unspecified atom stereocenters. The van der Waals surface area contributed by atoms with Gasteiger partial charge in [0.15, 0.2) is 6.73 Å². The molecule has 1 fully saturated rings. The molecule has 1 aromatic heterocycles. The second-order valence-electron chi connectivity index (χ2n) is 9.80. The lowest BCUT2D eigenvalue weighted by Crippen LogP contribution is -2.58. The molecule has 184 valence electrons. The highest BCUT2D eigenvalue weighted by Gasteiger charge is 2.49. The van der Waals surface area contributed by atoms with E-state index in [4.69, 9.17) is 15.5 Å². The molecule has 0 spiro atoms. The summed E-state index contributed by atoms with van der Waals surface area (Å²) >= 11 is 0. The lowest BCUT2D eigenvalue weighted by Gasteiger charge is -2.49. The van der Waals surface area contributed by atoms with Gasteiger partial charge in [-0.25, -0.2) is 9.78 Å². The smallest absolute Gasteiger partial charge is 0.335 e. The third kappa shape index (κ3) is 3.86. The van der Waals surface area contributed by atoms with Crippen LogP contribution in [0.2, 0.25) is 0 Å². The Hall–Kier alpha value is -3.65. The van der Waals surface area contributed by atoms with Crippen molar-refractivity contribution in [1.29, 1.82) is 0 Å². The molecule has 8 heteroatoms. The van der Waals surface area contributed by atoms with Gasteiger partial charge in [0.05, 0.1) is 28.1 Å². The van der Waals surface area contributed by atoms with Crippen LogP contribution in [0.4, 0.5) is 0 Å². The van der Waals surface area contributed by atoms with Crippen molar-refractivity contribution >= 4 is 18.4 Å². The van der Waals surface area contributed by atoms with Crippen LogP contribution in [0.1, 0.15) is 35.7 Å². The average molecular weight is 504 g/mol. The third-order valence-electron chi connectivity index (χ3n) is 6.96. The predicted octanol–water partition coefficient (Wildman–Crippen LogP) is 5.05. The van der Waals surface area contributed by atoms with E-state index in [1.807, 2.05) is 66.1 Å². The van der Waals surface area contributed by atoms with E-state index in [9.17, 15) is 15.0 Å². The molecule has 2 aliphatic rings. The summed E-state index contributed by atoms with van der Waals surface area (Å²) in [7, 11) is 0. The summed E-state index contributed by atoms with van der Waals surface area (Å²) in [6.45, 7) is 2.04. The molecule has 3 aromatic carbocycles. The number of carboxylic acid groups (broad SMARTS) is 1. The predicted molar refractivity (Wildman–Crippen MR) is 139 cm³/mol. The number of fused-ring (bicyclic) bond motifs is 3. The zero-order valence-corrected chi connectivity index (χ0v) is 20.5. The minimum atomic E-state index is -0.998. The van der Waals surface area contributed by atoms with E-state index in [0.717, 1.165) is 39.5 Å². The number of carbonyl (C=O) groups is 1. The molecular weight excluding hydrogens is 478 g/mol. The molecular formula is C28H26ClN3O4. The highest BCUT2D eigenvalue weighted by molar-refractivity contribution is 5.90. The van der Waals surface area contributed by atoms with Gasteiger partial charge in [-0.15, -0.1) is 12.4 Å². The number of halogens is 1. The molecule has 1 aliphatic carbocycles. The van der Waals surface area contributed by atoms with E-state index in [1.54, 1.807) is 18.2 Å². The summed E-state index contributed by atoms with van der Waals surface area (Å²) in [6.07, 6.45) is 1.06. The molecule has 36 heavy (non-hydrogen) atoms. The first-order valence-electron chi connectivity index (χ1n) is 11.5. The van der Waals surface area contributed by atoms with Gasteiger partial charge < -0.3 is 20.7 Å². The van der Waals surface area contributed by atoms with Crippen LogP contribution in [-0.4, -0.2) is 31.3 Å². The Bertz CT molecular complexity index is 1450. The Labute approximate surface area is 214 Å². The number of nitrogens with zero attached hydrogens (tertiary/aromatic N) is 2. The molecule has 4 aromatic rings. The number of aliphatic hydroxyl groups is 1. The Morgan fingerprint density at radius 2 is 1.72 bits per heavy atom. The van der Waals surface area contributed by atoms with Crippen LogP contribution in [0.5, 0.6) is 5.75 Å². The quantitative estimate of drug-likeness (QED) is 0.359. The van der Waals surface area contributed by atoms with Gasteiger partial charge in [0.2, 0.25) is 0 Å². The van der Waals surface area contributed by atoms with Crippen LogP contribution >= 0.6 is 12.4 Å². The summed E-state index contributed by atoms with van der Waals surface area (Å²) in [5, 5.41) is 19.5. The molecule has 0 saturated heterocycles. The van der Waals surface area contributed by atoms with E-state index >= 15 is 0 Å². The number of hydrogen-bond donors (Lipinski definition) is 3. The lowest BCUT2D eigenvalue weighted by molar-refractivity contribution is -0.0738. The van der Waals surface area contributed by atoms with Crippen molar-refractivity contribution < 1.29 is 19.7 Å². The van der Waals surface area contributed by atoms with Gasteiger partial charge in [-0.1, -0.05) is 54.6 Å². The second kappa shape index (κ2) is 8.48. The van der Waals surface area contributed by atoms with Gasteiger partial charge in [-0.3, -0.25) is 4.57 Å². The highest BCUT2D eigenvalue weighted by Crippen LogP contribution is 2.47. The molecule has 0 bridgehead atoms. The van der Waals surface area contributed by atoms with Crippen molar-refractivity contribution in [2.45, 2.75) is 37.6 Å². The molecule has 0 amide bonds. The number of aromatic nitrogens is 2. The van der Waals surface area contributed by atoms with Crippen molar-refractivity contribution in [3.8, 4) is 39.7 Å². The summed E-state index contributed by atoms with van der Waals surface area (Å²) in [6, 6.07) is 23.0. The molecule has 6 rings (SSSR count). The van der Waals surface area contributed by atoms with Crippen molar-refractivity contribution in [1.82, 2.24) is 9.55 Å². The van der Waals surface area contributed by atoms with Gasteiger partial charge in [0, 0.05) is 16.7 Å². The zero-order chi connectivity index (χ0) is 24.4. The van der Waals surface area contributed by atoms with Crippen molar-refractivity contribution in [2.75, 3.05) is 0 Å². The first-order valence-corrected chi connectivity index (χ1v) is 11.5. The summed E-state index contributed by atoms with van der Waals surface area (Å²) in [5.41, 5.74) is 10.9. The topological polar surface area (TPSA) is 111 Å². The number of hydrogen-bond acceptors (Lipinski definition) is 5. The first kappa shape index (κ1) is 24.1. The third-order valence-corrected chi connectivity index (χ3v) is 6.96. The maximum atomic E-state index is 11.4. The summed E-state index contributed by atoms with van der Waals surface area (Å²) in [4.78, 5) is 16.4. The Balaban J connectivity index is 0.00000267. The van der Waals surface area contributed by atoms with Gasteiger partial charge in [-0.2, -0.15) is 0 Å². The highest BCUT2D eigenvalue weighted by atomic mass is 35.5. The minimum Gasteiger partial charge on any atom is -0.478 e. The number of nitrogens with two attached hydrogens (primary N) is 1. The Kier molecular flexibility index (Phi) is 5.67. The van der Waals surface area contributed by atoms with Crippen LogP contribution in [0.15, 0.2) is 72.8 Å². The van der Waals surface area contributed by atoms with E-state index in [2.05, 4.69) is 0 Å². The van der Waals surface area contributed by atoms with Gasteiger partial charge in [0.25, 0.3) is 0 Å².